The Hall–Kier alpha value is -1.08. The normalized spacial score (nSPS) is 23.4. The van der Waals surface area contributed by atoms with Gasteiger partial charge in [0.05, 0.1) is 29.8 Å². The lowest BCUT2D eigenvalue weighted by Crippen LogP contribution is -2.35. The number of sulfone groups is 1. The molecule has 114 valence electrons. The lowest BCUT2D eigenvalue weighted by atomic mass is 10.2. The van der Waals surface area contributed by atoms with Crippen molar-refractivity contribution in [1.82, 2.24) is 9.55 Å². The average molecular weight is 301 g/mol. The van der Waals surface area contributed by atoms with E-state index >= 15 is 0 Å². The molecule has 7 heteroatoms. The zero-order chi connectivity index (χ0) is 14.8. The number of hydrogen-bond acceptors (Lipinski definition) is 5. The second kappa shape index (κ2) is 6.13. The highest BCUT2D eigenvalue weighted by molar-refractivity contribution is 7.91. The Labute approximate surface area is 120 Å². The van der Waals surface area contributed by atoms with Crippen molar-refractivity contribution >= 4 is 15.8 Å². The second-order valence-corrected chi connectivity index (χ2v) is 7.74. The zero-order valence-corrected chi connectivity index (χ0v) is 13.1. The Morgan fingerprint density at radius 3 is 3.00 bits per heavy atom. The molecule has 2 heterocycles. The van der Waals surface area contributed by atoms with E-state index in [0.717, 1.165) is 18.1 Å². The molecule has 0 saturated carbocycles. The Morgan fingerprint density at radius 1 is 1.60 bits per heavy atom. The largest absolute Gasteiger partial charge is 0.383 e. The van der Waals surface area contributed by atoms with Gasteiger partial charge in [-0.3, -0.25) is 0 Å². The summed E-state index contributed by atoms with van der Waals surface area (Å²) in [7, 11) is -1.25. The molecule has 20 heavy (non-hydrogen) atoms. The van der Waals surface area contributed by atoms with Gasteiger partial charge >= 0.3 is 0 Å². The molecule has 1 aromatic heterocycles. The van der Waals surface area contributed by atoms with Crippen LogP contribution in [0.4, 0.5) is 5.95 Å². The fourth-order valence-electron chi connectivity index (χ4n) is 2.60. The topological polar surface area (TPSA) is 73.2 Å². The SMILES string of the molecule is COCC(C)n1cc(C)nc1NC1CCCS(=O)(=O)C1. The smallest absolute Gasteiger partial charge is 0.203 e. The number of nitrogens with one attached hydrogen (secondary N) is 1. The van der Waals surface area contributed by atoms with E-state index in [9.17, 15) is 8.42 Å². The molecule has 1 fully saturated rings. The van der Waals surface area contributed by atoms with Gasteiger partial charge in [0, 0.05) is 19.3 Å². The molecule has 1 aliphatic heterocycles. The fourth-order valence-corrected chi connectivity index (χ4v) is 4.24. The molecule has 0 aliphatic carbocycles. The summed E-state index contributed by atoms with van der Waals surface area (Å²) >= 11 is 0. The van der Waals surface area contributed by atoms with Crippen molar-refractivity contribution in [2.24, 2.45) is 0 Å². The molecule has 1 N–H and O–H groups in total. The average Bonchev–Trinajstić information content (AvgIpc) is 2.69. The van der Waals surface area contributed by atoms with Crippen molar-refractivity contribution in [3.63, 3.8) is 0 Å². The van der Waals surface area contributed by atoms with Crippen molar-refractivity contribution in [1.29, 1.82) is 0 Å². The first-order chi connectivity index (χ1) is 9.41. The highest BCUT2D eigenvalue weighted by Crippen LogP contribution is 2.20. The van der Waals surface area contributed by atoms with Crippen molar-refractivity contribution < 1.29 is 13.2 Å². The van der Waals surface area contributed by atoms with Crippen LogP contribution in [0, 0.1) is 6.92 Å². The van der Waals surface area contributed by atoms with Gasteiger partial charge in [0.1, 0.15) is 0 Å². The summed E-state index contributed by atoms with van der Waals surface area (Å²) in [5.74, 6) is 1.23. The van der Waals surface area contributed by atoms with Gasteiger partial charge in [-0.25, -0.2) is 13.4 Å². The number of aromatic nitrogens is 2. The summed E-state index contributed by atoms with van der Waals surface area (Å²) < 4.78 is 30.6. The van der Waals surface area contributed by atoms with Crippen LogP contribution in [-0.4, -0.2) is 49.2 Å². The van der Waals surface area contributed by atoms with E-state index in [4.69, 9.17) is 4.74 Å². The van der Waals surface area contributed by atoms with Gasteiger partial charge in [0.2, 0.25) is 5.95 Å². The highest BCUT2D eigenvalue weighted by atomic mass is 32.2. The van der Waals surface area contributed by atoms with Crippen LogP contribution in [0.1, 0.15) is 31.5 Å². The molecular formula is C13H23N3O3S. The molecule has 2 atom stereocenters. The number of nitrogens with zero attached hydrogens (tertiary/aromatic N) is 2. The van der Waals surface area contributed by atoms with Crippen molar-refractivity contribution in [2.75, 3.05) is 30.5 Å². The molecular weight excluding hydrogens is 278 g/mol. The summed E-state index contributed by atoms with van der Waals surface area (Å²) in [6.45, 7) is 4.57. The zero-order valence-electron chi connectivity index (χ0n) is 12.3. The van der Waals surface area contributed by atoms with E-state index in [0.29, 0.717) is 18.8 Å². The lowest BCUT2D eigenvalue weighted by Gasteiger charge is -2.25. The minimum Gasteiger partial charge on any atom is -0.383 e. The minimum absolute atomic E-state index is 0.0518. The van der Waals surface area contributed by atoms with Crippen LogP contribution in [0.3, 0.4) is 0 Å². The molecule has 1 saturated heterocycles. The summed E-state index contributed by atoms with van der Waals surface area (Å²) in [6, 6.07) is 0.105. The van der Waals surface area contributed by atoms with E-state index in [2.05, 4.69) is 10.3 Å². The maximum absolute atomic E-state index is 11.7. The molecule has 6 nitrogen and oxygen atoms in total. The first-order valence-corrected chi connectivity index (χ1v) is 8.75. The van der Waals surface area contributed by atoms with E-state index in [1.807, 2.05) is 24.6 Å². The van der Waals surface area contributed by atoms with Crippen LogP contribution in [0.5, 0.6) is 0 Å². The third-order valence-corrected chi connectivity index (χ3v) is 5.35. The van der Waals surface area contributed by atoms with E-state index in [-0.39, 0.29) is 17.8 Å². The van der Waals surface area contributed by atoms with Gasteiger partial charge in [0.15, 0.2) is 9.84 Å². The molecule has 2 unspecified atom stereocenters. The van der Waals surface area contributed by atoms with Crippen LogP contribution in [0.25, 0.3) is 0 Å². The first kappa shape index (κ1) is 15.3. The maximum Gasteiger partial charge on any atom is 0.203 e. The van der Waals surface area contributed by atoms with Gasteiger partial charge in [-0.2, -0.15) is 0 Å². The number of anilines is 1. The number of hydrogen-bond donors (Lipinski definition) is 1. The molecule has 0 aromatic carbocycles. The maximum atomic E-state index is 11.7. The van der Waals surface area contributed by atoms with Gasteiger partial charge in [-0.05, 0) is 26.7 Å². The number of methoxy groups -OCH3 is 1. The standard InChI is InChI=1S/C13H23N3O3S/c1-10-7-16(11(2)8-19-3)13(14-10)15-12-5-4-6-20(17,18)9-12/h7,11-12H,4-6,8-9H2,1-3H3,(H,14,15). The van der Waals surface area contributed by atoms with Crippen LogP contribution in [0.2, 0.25) is 0 Å². The number of ether oxygens (including phenoxy) is 1. The second-order valence-electron chi connectivity index (χ2n) is 5.52. The van der Waals surface area contributed by atoms with Crippen LogP contribution in [0.15, 0.2) is 6.20 Å². The van der Waals surface area contributed by atoms with Crippen LogP contribution >= 0.6 is 0 Å². The molecule has 1 aromatic rings. The quantitative estimate of drug-likeness (QED) is 0.889. The Bertz CT molecular complexity index is 553. The van der Waals surface area contributed by atoms with Crippen LogP contribution in [-0.2, 0) is 14.6 Å². The summed E-state index contributed by atoms with van der Waals surface area (Å²) in [6.07, 6.45) is 3.54. The van der Waals surface area contributed by atoms with E-state index in [1.54, 1.807) is 7.11 Å². The van der Waals surface area contributed by atoms with E-state index < -0.39 is 9.84 Å². The number of aryl methyl sites for hydroxylation is 1. The predicted molar refractivity (Wildman–Crippen MR) is 78.8 cm³/mol. The van der Waals surface area contributed by atoms with Crippen molar-refractivity contribution in [3.05, 3.63) is 11.9 Å². The van der Waals surface area contributed by atoms with Gasteiger partial charge in [-0.15, -0.1) is 0 Å². The van der Waals surface area contributed by atoms with Crippen LogP contribution < -0.4 is 5.32 Å². The lowest BCUT2D eigenvalue weighted by molar-refractivity contribution is 0.163. The third-order valence-electron chi connectivity index (χ3n) is 3.53. The Balaban J connectivity index is 2.12. The molecule has 0 amide bonds. The number of rotatable bonds is 5. The van der Waals surface area contributed by atoms with Gasteiger partial charge in [-0.1, -0.05) is 0 Å². The molecule has 1 aliphatic rings. The summed E-state index contributed by atoms with van der Waals surface area (Å²) in [5, 5.41) is 3.28. The molecule has 0 spiro atoms. The molecule has 0 radical (unpaired) electrons. The predicted octanol–water partition coefficient (Wildman–Crippen LogP) is 1.39. The number of imidazole rings is 1. The monoisotopic (exact) mass is 301 g/mol. The first-order valence-electron chi connectivity index (χ1n) is 6.92. The summed E-state index contributed by atoms with van der Waals surface area (Å²) in [4.78, 5) is 4.46. The Morgan fingerprint density at radius 2 is 2.35 bits per heavy atom. The molecule has 2 rings (SSSR count). The van der Waals surface area contributed by atoms with E-state index in [1.165, 1.54) is 0 Å². The summed E-state index contributed by atoms with van der Waals surface area (Å²) in [5.41, 5.74) is 0.911. The third kappa shape index (κ3) is 3.73. The fraction of sp³-hybridized carbons (Fsp3) is 0.769. The highest BCUT2D eigenvalue weighted by Gasteiger charge is 2.26. The molecule has 0 bridgehead atoms. The van der Waals surface area contributed by atoms with Crippen molar-refractivity contribution in [2.45, 2.75) is 38.8 Å². The minimum atomic E-state index is -2.91. The van der Waals surface area contributed by atoms with Gasteiger partial charge < -0.3 is 14.6 Å². The Kier molecular flexibility index (Phi) is 4.70. The van der Waals surface area contributed by atoms with Crippen molar-refractivity contribution in [3.8, 4) is 0 Å². The van der Waals surface area contributed by atoms with Gasteiger partial charge in [0.25, 0.3) is 0 Å².